The lowest BCUT2D eigenvalue weighted by Crippen LogP contribution is -2.24. The molecule has 1 aliphatic heterocycles. The Kier molecular flexibility index (Phi) is 6.14. The van der Waals surface area contributed by atoms with Crippen LogP contribution < -0.4 is 10.6 Å². The Balaban J connectivity index is 0.00000253. The Labute approximate surface area is 207 Å². The normalized spacial score (nSPS) is 16.0. The maximum absolute atomic E-state index is 15.1. The van der Waals surface area contributed by atoms with Gasteiger partial charge < -0.3 is 15.2 Å². The summed E-state index contributed by atoms with van der Waals surface area (Å²) in [7, 11) is 0. The minimum Gasteiger partial charge on any atom is -0.325 e. The molecule has 4 aromatic rings. The van der Waals surface area contributed by atoms with Gasteiger partial charge in [-0.25, -0.2) is 28.7 Å². The number of aromatic nitrogens is 5. The number of anilines is 2. The van der Waals surface area contributed by atoms with Crippen molar-refractivity contribution in [2.24, 2.45) is 5.92 Å². The Hall–Kier alpha value is -3.17. The van der Waals surface area contributed by atoms with Gasteiger partial charge in [0, 0.05) is 36.8 Å². The minimum atomic E-state index is -0.619. The molecule has 0 radical (unpaired) electrons. The number of imidazole rings is 1. The van der Waals surface area contributed by atoms with Gasteiger partial charge in [-0.1, -0.05) is 6.07 Å². The molecule has 182 valence electrons. The van der Waals surface area contributed by atoms with Crippen molar-refractivity contribution in [2.45, 2.75) is 45.7 Å². The van der Waals surface area contributed by atoms with E-state index >= 15 is 4.39 Å². The molecule has 7 nitrogen and oxygen atoms in total. The van der Waals surface area contributed by atoms with Crippen LogP contribution in [-0.4, -0.2) is 31.0 Å². The van der Waals surface area contributed by atoms with Gasteiger partial charge in [-0.05, 0) is 56.4 Å². The Morgan fingerprint density at radius 1 is 1.11 bits per heavy atom. The molecular weight excluding hydrogens is 472 g/mol. The molecule has 35 heavy (non-hydrogen) atoms. The molecule has 3 aromatic heterocycles. The van der Waals surface area contributed by atoms with E-state index in [-0.39, 0.29) is 30.1 Å². The van der Waals surface area contributed by atoms with E-state index in [0.717, 1.165) is 55.6 Å². The number of halogens is 3. The molecule has 1 aliphatic carbocycles. The van der Waals surface area contributed by atoms with E-state index in [0.29, 0.717) is 28.3 Å². The number of benzene rings is 1. The third-order valence-corrected chi connectivity index (χ3v) is 6.82. The second kappa shape index (κ2) is 9.13. The lowest BCUT2D eigenvalue weighted by atomic mass is 10.1. The number of nitrogens with one attached hydrogen (secondary N) is 2. The van der Waals surface area contributed by atoms with Crippen LogP contribution in [0.1, 0.15) is 42.9 Å². The van der Waals surface area contributed by atoms with Crippen molar-refractivity contribution in [3.63, 3.8) is 0 Å². The average Bonchev–Trinajstić information content (AvgIpc) is 3.62. The number of rotatable bonds is 5. The third-order valence-electron chi connectivity index (χ3n) is 6.82. The van der Waals surface area contributed by atoms with Gasteiger partial charge in [-0.15, -0.1) is 12.4 Å². The van der Waals surface area contributed by atoms with Crippen molar-refractivity contribution in [1.82, 2.24) is 29.8 Å². The van der Waals surface area contributed by atoms with Gasteiger partial charge in [0.05, 0.1) is 11.7 Å². The lowest BCUT2D eigenvalue weighted by molar-refractivity contribution is 0.487. The molecule has 4 heterocycles. The van der Waals surface area contributed by atoms with Crippen molar-refractivity contribution in [3.8, 4) is 11.3 Å². The van der Waals surface area contributed by atoms with Crippen LogP contribution in [0.5, 0.6) is 0 Å². The quantitative estimate of drug-likeness (QED) is 0.391. The standard InChI is InChI=1S/C25H25F2N7.ClH/c1-13(15-3-4-15)34-14(2)30-24-18(26)9-17(10-21(24)34)23-19(27)12-29-25(33-23)32-22-6-5-16-11-28-8-7-20(16)31-22;/h5-6,9-10,12-13,15,28H,3-4,7-8,11H2,1-2H3,(H,29,31,32,33);1H. The maximum atomic E-state index is 15.1. The number of aryl methyl sites for hydroxylation is 1. The summed E-state index contributed by atoms with van der Waals surface area (Å²) >= 11 is 0. The highest BCUT2D eigenvalue weighted by molar-refractivity contribution is 5.85. The van der Waals surface area contributed by atoms with Crippen LogP contribution in [0.15, 0.2) is 30.5 Å². The summed E-state index contributed by atoms with van der Waals surface area (Å²) in [6.07, 6.45) is 4.26. The van der Waals surface area contributed by atoms with Crippen LogP contribution in [0.4, 0.5) is 20.5 Å². The second-order valence-corrected chi connectivity index (χ2v) is 9.18. The molecule has 1 aromatic carbocycles. The highest BCUT2D eigenvalue weighted by Crippen LogP contribution is 2.42. The molecule has 1 fully saturated rings. The average molecular weight is 498 g/mol. The molecule has 2 aliphatic rings. The van der Waals surface area contributed by atoms with Gasteiger partial charge in [-0.3, -0.25) is 0 Å². The van der Waals surface area contributed by atoms with Crippen LogP contribution in [0, 0.1) is 24.5 Å². The highest BCUT2D eigenvalue weighted by Gasteiger charge is 2.31. The molecule has 10 heteroatoms. The van der Waals surface area contributed by atoms with Crippen LogP contribution in [0.25, 0.3) is 22.3 Å². The van der Waals surface area contributed by atoms with E-state index in [1.54, 1.807) is 6.07 Å². The van der Waals surface area contributed by atoms with Crippen LogP contribution in [0.2, 0.25) is 0 Å². The van der Waals surface area contributed by atoms with Crippen molar-refractivity contribution >= 4 is 35.2 Å². The fourth-order valence-corrected chi connectivity index (χ4v) is 4.86. The highest BCUT2D eigenvalue weighted by atomic mass is 35.5. The zero-order valence-electron chi connectivity index (χ0n) is 19.5. The lowest BCUT2D eigenvalue weighted by Gasteiger charge is -2.17. The number of pyridine rings is 1. The first-order valence-corrected chi connectivity index (χ1v) is 11.7. The molecule has 1 atom stereocenters. The van der Waals surface area contributed by atoms with E-state index in [2.05, 4.69) is 42.1 Å². The maximum Gasteiger partial charge on any atom is 0.229 e. The topological polar surface area (TPSA) is 80.6 Å². The predicted molar refractivity (Wildman–Crippen MR) is 133 cm³/mol. The third kappa shape index (κ3) is 4.34. The van der Waals surface area contributed by atoms with Gasteiger partial charge in [0.2, 0.25) is 5.95 Å². The molecule has 1 saturated carbocycles. The first-order chi connectivity index (χ1) is 16.5. The summed E-state index contributed by atoms with van der Waals surface area (Å²) in [5, 5.41) is 6.39. The van der Waals surface area contributed by atoms with Gasteiger partial charge in [0.25, 0.3) is 0 Å². The summed E-state index contributed by atoms with van der Waals surface area (Å²) in [4.78, 5) is 17.6. The fourth-order valence-electron chi connectivity index (χ4n) is 4.86. The first-order valence-electron chi connectivity index (χ1n) is 11.7. The SMILES string of the molecule is Cc1nc2c(F)cc(-c3nc(Nc4ccc5c(n4)CCNC5)ncc3F)cc2n1C(C)C1CC1.Cl. The molecule has 0 bridgehead atoms. The molecule has 0 spiro atoms. The predicted octanol–water partition coefficient (Wildman–Crippen LogP) is 5.26. The van der Waals surface area contributed by atoms with Crippen molar-refractivity contribution in [2.75, 3.05) is 11.9 Å². The first kappa shape index (κ1) is 23.6. The molecule has 6 rings (SSSR count). The van der Waals surface area contributed by atoms with E-state index < -0.39 is 11.6 Å². The molecular formula is C25H26ClF2N7. The Morgan fingerprint density at radius 3 is 2.74 bits per heavy atom. The van der Waals surface area contributed by atoms with E-state index in [1.807, 2.05) is 19.1 Å². The monoisotopic (exact) mass is 497 g/mol. The van der Waals surface area contributed by atoms with Crippen LogP contribution in [0.3, 0.4) is 0 Å². The van der Waals surface area contributed by atoms with Gasteiger partial charge in [-0.2, -0.15) is 0 Å². The van der Waals surface area contributed by atoms with Gasteiger partial charge in [0.15, 0.2) is 11.6 Å². The summed E-state index contributed by atoms with van der Waals surface area (Å²) in [5.74, 6) is 1.00. The van der Waals surface area contributed by atoms with Crippen molar-refractivity contribution < 1.29 is 8.78 Å². The van der Waals surface area contributed by atoms with Crippen LogP contribution >= 0.6 is 12.4 Å². The summed E-state index contributed by atoms with van der Waals surface area (Å²) < 4.78 is 32.0. The molecule has 0 amide bonds. The van der Waals surface area contributed by atoms with Crippen LogP contribution in [-0.2, 0) is 13.0 Å². The summed E-state index contributed by atoms with van der Waals surface area (Å²) in [6, 6.07) is 7.13. The Morgan fingerprint density at radius 2 is 1.94 bits per heavy atom. The smallest absolute Gasteiger partial charge is 0.229 e. The van der Waals surface area contributed by atoms with E-state index in [9.17, 15) is 4.39 Å². The van der Waals surface area contributed by atoms with Gasteiger partial charge >= 0.3 is 0 Å². The largest absolute Gasteiger partial charge is 0.325 e. The van der Waals surface area contributed by atoms with E-state index in [4.69, 9.17) is 0 Å². The minimum absolute atomic E-state index is 0. The molecule has 0 saturated heterocycles. The molecule has 2 N–H and O–H groups in total. The molecule has 1 unspecified atom stereocenters. The zero-order chi connectivity index (χ0) is 23.4. The van der Waals surface area contributed by atoms with Gasteiger partial charge in [0.1, 0.15) is 22.9 Å². The fraction of sp³-hybridized carbons (Fsp3) is 0.360. The number of nitrogens with zero attached hydrogens (tertiary/aromatic N) is 5. The zero-order valence-corrected chi connectivity index (χ0v) is 20.3. The number of fused-ring (bicyclic) bond motifs is 2. The van der Waals surface area contributed by atoms with Crippen molar-refractivity contribution in [3.05, 3.63) is 59.2 Å². The Bertz CT molecular complexity index is 1420. The summed E-state index contributed by atoms with van der Waals surface area (Å²) in [6.45, 7) is 5.69. The number of hydrogen-bond donors (Lipinski definition) is 2. The van der Waals surface area contributed by atoms with Crippen molar-refractivity contribution in [1.29, 1.82) is 0 Å². The summed E-state index contributed by atoms with van der Waals surface area (Å²) in [5.41, 5.74) is 3.52. The number of hydrogen-bond acceptors (Lipinski definition) is 6. The van der Waals surface area contributed by atoms with E-state index in [1.165, 1.54) is 6.07 Å². The second-order valence-electron chi connectivity index (χ2n) is 9.18.